The summed E-state index contributed by atoms with van der Waals surface area (Å²) in [5.74, 6) is -0.345. The van der Waals surface area contributed by atoms with E-state index in [9.17, 15) is 13.2 Å². The molecule has 0 bridgehead atoms. The molecule has 0 aliphatic rings. The molecule has 1 amide bonds. The summed E-state index contributed by atoms with van der Waals surface area (Å²) in [5, 5.41) is 8.84. The number of hydrogen-bond donors (Lipinski definition) is 1. The molecule has 1 aromatic rings. The van der Waals surface area contributed by atoms with Crippen molar-refractivity contribution in [1.82, 2.24) is 9.62 Å². The van der Waals surface area contributed by atoms with Crippen LogP contribution in [0.4, 0.5) is 0 Å². The van der Waals surface area contributed by atoms with Crippen LogP contribution in [0.2, 0.25) is 0 Å². The highest BCUT2D eigenvalue weighted by molar-refractivity contribution is 7.89. The second kappa shape index (κ2) is 6.03. The Morgan fingerprint density at radius 1 is 1.40 bits per heavy atom. The van der Waals surface area contributed by atoms with Crippen molar-refractivity contribution in [2.24, 2.45) is 0 Å². The number of nitrogens with one attached hydrogen (secondary N) is 1. The summed E-state index contributed by atoms with van der Waals surface area (Å²) in [7, 11) is -0.749. The van der Waals surface area contributed by atoms with Gasteiger partial charge in [-0.05, 0) is 31.5 Å². The van der Waals surface area contributed by atoms with Crippen LogP contribution in [0.3, 0.4) is 0 Å². The minimum atomic E-state index is -3.85. The first-order valence-electron chi connectivity index (χ1n) is 5.93. The highest BCUT2D eigenvalue weighted by Gasteiger charge is 2.24. The normalized spacial score (nSPS) is 12.6. The van der Waals surface area contributed by atoms with E-state index in [0.717, 1.165) is 0 Å². The molecule has 1 atom stereocenters. The summed E-state index contributed by atoms with van der Waals surface area (Å²) in [6.07, 6.45) is 0. The van der Waals surface area contributed by atoms with Crippen LogP contribution in [0.25, 0.3) is 0 Å². The Bertz CT molecular complexity index is 660. The fraction of sp³-hybridized carbons (Fsp3) is 0.385. The lowest BCUT2D eigenvalue weighted by atomic mass is 10.2. The molecule has 0 aliphatic carbocycles. The number of rotatable bonds is 4. The summed E-state index contributed by atoms with van der Waals surface area (Å²) in [6.45, 7) is 3.11. The molecule has 1 N–H and O–H groups in total. The fourth-order valence-electron chi connectivity index (χ4n) is 1.69. The lowest BCUT2D eigenvalue weighted by Crippen LogP contribution is -2.44. The van der Waals surface area contributed by atoms with E-state index in [0.29, 0.717) is 5.56 Å². The smallest absolute Gasteiger partial charge is 0.241 e. The number of benzene rings is 1. The van der Waals surface area contributed by atoms with E-state index in [4.69, 9.17) is 5.26 Å². The van der Waals surface area contributed by atoms with Gasteiger partial charge in [-0.3, -0.25) is 4.79 Å². The fourth-order valence-corrected chi connectivity index (χ4v) is 3.16. The molecule has 0 saturated carbocycles. The number of aryl methyl sites for hydroxylation is 1. The zero-order valence-electron chi connectivity index (χ0n) is 11.8. The van der Waals surface area contributed by atoms with Crippen molar-refractivity contribution in [3.8, 4) is 6.07 Å². The first kappa shape index (κ1) is 16.1. The number of likely N-dealkylation sites (N-methyl/N-ethyl adjacent to an activating group) is 1. The highest BCUT2D eigenvalue weighted by atomic mass is 32.2. The number of carbonyl (C=O) groups is 1. The third-order valence-electron chi connectivity index (χ3n) is 2.75. The molecule has 0 aliphatic heterocycles. The number of carbonyl (C=O) groups excluding carboxylic acids is 1. The molecule has 1 unspecified atom stereocenters. The van der Waals surface area contributed by atoms with Gasteiger partial charge in [-0.2, -0.15) is 9.98 Å². The van der Waals surface area contributed by atoms with Crippen molar-refractivity contribution in [3.05, 3.63) is 29.3 Å². The number of hydrogen-bond acceptors (Lipinski definition) is 4. The molecular weight excluding hydrogens is 278 g/mol. The van der Waals surface area contributed by atoms with E-state index in [2.05, 4.69) is 4.72 Å². The van der Waals surface area contributed by atoms with Crippen LogP contribution in [0.1, 0.15) is 18.1 Å². The van der Waals surface area contributed by atoms with Crippen molar-refractivity contribution in [2.75, 3.05) is 14.1 Å². The van der Waals surface area contributed by atoms with Gasteiger partial charge in [0, 0.05) is 14.1 Å². The zero-order valence-corrected chi connectivity index (χ0v) is 12.7. The lowest BCUT2D eigenvalue weighted by Gasteiger charge is -2.18. The van der Waals surface area contributed by atoms with Crippen molar-refractivity contribution >= 4 is 15.9 Å². The minimum absolute atomic E-state index is 0.00922. The van der Waals surface area contributed by atoms with Crippen LogP contribution in [-0.4, -0.2) is 39.4 Å². The summed E-state index contributed by atoms with van der Waals surface area (Å²) in [6, 6.07) is 5.42. The van der Waals surface area contributed by atoms with E-state index in [1.807, 2.05) is 6.07 Å². The maximum atomic E-state index is 12.3. The van der Waals surface area contributed by atoms with Crippen LogP contribution in [0.15, 0.2) is 23.1 Å². The van der Waals surface area contributed by atoms with Crippen LogP contribution < -0.4 is 4.72 Å². The van der Waals surface area contributed by atoms with Crippen LogP contribution in [0, 0.1) is 18.3 Å². The summed E-state index contributed by atoms with van der Waals surface area (Å²) in [4.78, 5) is 13.0. The Morgan fingerprint density at radius 3 is 2.50 bits per heavy atom. The Hall–Kier alpha value is -1.91. The predicted octanol–water partition coefficient (Wildman–Crippen LogP) is 0.622. The van der Waals surface area contributed by atoms with Crippen molar-refractivity contribution < 1.29 is 13.2 Å². The van der Waals surface area contributed by atoms with Crippen LogP contribution in [0.5, 0.6) is 0 Å². The molecule has 1 aromatic carbocycles. The van der Waals surface area contributed by atoms with Crippen LogP contribution in [-0.2, 0) is 14.8 Å². The molecule has 7 heteroatoms. The Labute approximate surface area is 119 Å². The minimum Gasteiger partial charge on any atom is -0.347 e. The van der Waals surface area contributed by atoms with Gasteiger partial charge in [0.2, 0.25) is 15.9 Å². The van der Waals surface area contributed by atoms with Gasteiger partial charge in [-0.25, -0.2) is 8.42 Å². The molecule has 108 valence electrons. The average molecular weight is 295 g/mol. The number of sulfonamides is 1. The van der Waals surface area contributed by atoms with Crippen molar-refractivity contribution in [3.63, 3.8) is 0 Å². The SMILES string of the molecule is Cc1ccc(C#N)cc1S(=O)(=O)NC(C)C(=O)N(C)C. The van der Waals surface area contributed by atoms with Crippen molar-refractivity contribution in [2.45, 2.75) is 24.8 Å². The summed E-state index contributed by atoms with van der Waals surface area (Å²) >= 11 is 0. The van der Waals surface area contributed by atoms with E-state index >= 15 is 0 Å². The van der Waals surface area contributed by atoms with E-state index < -0.39 is 16.1 Å². The van der Waals surface area contributed by atoms with E-state index in [-0.39, 0.29) is 16.4 Å². The molecule has 0 heterocycles. The van der Waals surface area contributed by atoms with Gasteiger partial charge in [-0.15, -0.1) is 0 Å². The van der Waals surface area contributed by atoms with Gasteiger partial charge in [0.15, 0.2) is 0 Å². The lowest BCUT2D eigenvalue weighted by molar-refractivity contribution is -0.130. The molecule has 20 heavy (non-hydrogen) atoms. The van der Waals surface area contributed by atoms with E-state index in [1.54, 1.807) is 33.2 Å². The molecule has 0 aromatic heterocycles. The number of nitriles is 1. The van der Waals surface area contributed by atoms with Gasteiger partial charge in [0.25, 0.3) is 0 Å². The van der Waals surface area contributed by atoms with Gasteiger partial charge < -0.3 is 4.90 Å². The second-order valence-corrected chi connectivity index (χ2v) is 6.35. The third-order valence-corrected chi connectivity index (χ3v) is 4.43. The average Bonchev–Trinajstić information content (AvgIpc) is 2.37. The Kier molecular flexibility index (Phi) is 4.87. The van der Waals surface area contributed by atoms with Crippen LogP contribution >= 0.6 is 0 Å². The van der Waals surface area contributed by atoms with Gasteiger partial charge in [0.1, 0.15) is 0 Å². The first-order valence-corrected chi connectivity index (χ1v) is 7.41. The topological polar surface area (TPSA) is 90.3 Å². The molecule has 0 saturated heterocycles. The predicted molar refractivity (Wildman–Crippen MR) is 74.4 cm³/mol. The first-order chi connectivity index (χ1) is 9.19. The van der Waals surface area contributed by atoms with Crippen molar-refractivity contribution in [1.29, 1.82) is 5.26 Å². The number of amides is 1. The second-order valence-electron chi connectivity index (χ2n) is 4.67. The third kappa shape index (κ3) is 3.56. The molecule has 0 spiro atoms. The molecular formula is C13H17N3O3S. The number of nitrogens with zero attached hydrogens (tertiary/aromatic N) is 2. The van der Waals surface area contributed by atoms with E-state index in [1.165, 1.54) is 17.9 Å². The standard InChI is InChI=1S/C13H17N3O3S/c1-9-5-6-11(8-14)7-12(9)20(18,19)15-10(2)13(17)16(3)4/h5-7,10,15H,1-4H3. The monoisotopic (exact) mass is 295 g/mol. The van der Waals surface area contributed by atoms with Gasteiger partial charge in [0.05, 0.1) is 22.6 Å². The summed E-state index contributed by atoms with van der Waals surface area (Å²) < 4.78 is 26.9. The Balaban J connectivity index is 3.12. The Morgan fingerprint density at radius 2 is 2.00 bits per heavy atom. The zero-order chi connectivity index (χ0) is 15.5. The molecule has 0 radical (unpaired) electrons. The van der Waals surface area contributed by atoms with Gasteiger partial charge in [-0.1, -0.05) is 6.07 Å². The highest BCUT2D eigenvalue weighted by Crippen LogP contribution is 2.17. The van der Waals surface area contributed by atoms with Gasteiger partial charge >= 0.3 is 0 Å². The largest absolute Gasteiger partial charge is 0.347 e. The molecule has 6 nitrogen and oxygen atoms in total. The maximum absolute atomic E-state index is 12.3. The molecule has 0 fully saturated rings. The maximum Gasteiger partial charge on any atom is 0.241 e. The molecule has 1 rings (SSSR count). The summed E-state index contributed by atoms with van der Waals surface area (Å²) in [5.41, 5.74) is 0.767. The quantitative estimate of drug-likeness (QED) is 0.881.